The highest BCUT2D eigenvalue weighted by Crippen LogP contribution is 2.45. The maximum atomic E-state index is 13.7. The van der Waals surface area contributed by atoms with Crippen LogP contribution in [-0.4, -0.2) is 46.7 Å². The van der Waals surface area contributed by atoms with Gasteiger partial charge in [0, 0.05) is 12.0 Å². The number of aliphatic hydroxyl groups is 2. The molecule has 33 heavy (non-hydrogen) atoms. The molecule has 3 N–H and O–H groups in total. The van der Waals surface area contributed by atoms with E-state index in [0.717, 1.165) is 16.7 Å². The molecular weight excluding hydrogens is 427 g/mol. The summed E-state index contributed by atoms with van der Waals surface area (Å²) in [6.45, 7) is 8.64. The first-order chi connectivity index (χ1) is 15.7. The molecule has 2 unspecified atom stereocenters. The second-order valence-electron chi connectivity index (χ2n) is 8.02. The van der Waals surface area contributed by atoms with Crippen LogP contribution in [0.5, 0.6) is 11.5 Å². The molecule has 7 heteroatoms. The minimum absolute atomic E-state index is 0.0912. The van der Waals surface area contributed by atoms with E-state index in [1.807, 2.05) is 33.8 Å². The lowest BCUT2D eigenvalue weighted by Gasteiger charge is -2.23. The monoisotopic (exact) mass is 460 g/mol. The van der Waals surface area contributed by atoms with Crippen molar-refractivity contribution in [1.82, 2.24) is 0 Å². The minimum atomic E-state index is -1.16. The molecular formula is C26H33FO6. The number of hydrogen-bond acceptors (Lipinski definition) is 5. The van der Waals surface area contributed by atoms with E-state index < -0.39 is 24.6 Å². The van der Waals surface area contributed by atoms with Crippen molar-refractivity contribution in [2.45, 2.75) is 58.7 Å². The zero-order valence-electron chi connectivity index (χ0n) is 19.5. The Hall–Kier alpha value is -2.90. The minimum Gasteiger partial charge on any atom is -0.490 e. The molecule has 0 amide bonds. The van der Waals surface area contributed by atoms with Crippen LogP contribution in [0.15, 0.2) is 36.4 Å². The smallest absolute Gasteiger partial charge is 0.305 e. The van der Waals surface area contributed by atoms with Crippen molar-refractivity contribution in [3.63, 3.8) is 0 Å². The fraction of sp³-hybridized carbons (Fsp3) is 0.423. The van der Waals surface area contributed by atoms with Gasteiger partial charge in [-0.2, -0.15) is 0 Å². The molecule has 0 aliphatic rings. The number of halogens is 1. The summed E-state index contributed by atoms with van der Waals surface area (Å²) in [6, 6.07) is 7.99. The number of aliphatic hydroxyl groups excluding tert-OH is 2. The van der Waals surface area contributed by atoms with Gasteiger partial charge < -0.3 is 24.8 Å². The van der Waals surface area contributed by atoms with Gasteiger partial charge >= 0.3 is 5.97 Å². The Kier molecular flexibility index (Phi) is 9.88. The first kappa shape index (κ1) is 26.4. The van der Waals surface area contributed by atoms with Crippen LogP contribution in [0.3, 0.4) is 0 Å². The number of rotatable bonds is 12. The molecule has 2 aromatic carbocycles. The standard InChI is InChI=1S/C26H33FO6/c1-5-32-23-15-22(16(3)4)21(12-11-19(28)13-20(29)14-24(30)31)25(26(23)33-6-2)17-7-9-18(27)10-8-17/h7-12,15-16,19-20,28-29H,5-6,13-14H2,1-4H3,(H,30,31). The molecule has 0 aromatic heterocycles. The van der Waals surface area contributed by atoms with Gasteiger partial charge in [0.05, 0.1) is 31.8 Å². The number of hydrogen-bond donors (Lipinski definition) is 3. The molecule has 0 bridgehead atoms. The molecule has 6 nitrogen and oxygen atoms in total. The second-order valence-corrected chi connectivity index (χ2v) is 8.02. The summed E-state index contributed by atoms with van der Waals surface area (Å²) < 4.78 is 25.5. The Bertz CT molecular complexity index is 952. The summed E-state index contributed by atoms with van der Waals surface area (Å²) >= 11 is 0. The third kappa shape index (κ3) is 7.30. The van der Waals surface area contributed by atoms with Gasteiger partial charge in [0.15, 0.2) is 11.5 Å². The van der Waals surface area contributed by atoms with Gasteiger partial charge in [-0.25, -0.2) is 4.39 Å². The lowest BCUT2D eigenvalue weighted by atomic mass is 9.88. The lowest BCUT2D eigenvalue weighted by molar-refractivity contribution is -0.139. The van der Waals surface area contributed by atoms with Crippen LogP contribution in [0.4, 0.5) is 4.39 Å². The largest absolute Gasteiger partial charge is 0.490 e. The average Bonchev–Trinajstić information content (AvgIpc) is 2.73. The molecule has 2 rings (SSSR count). The van der Waals surface area contributed by atoms with Crippen molar-refractivity contribution < 1.29 is 34.0 Å². The second kappa shape index (κ2) is 12.4. The highest BCUT2D eigenvalue weighted by molar-refractivity contribution is 5.85. The highest BCUT2D eigenvalue weighted by atomic mass is 19.1. The molecule has 0 aliphatic carbocycles. The van der Waals surface area contributed by atoms with E-state index in [1.54, 1.807) is 18.2 Å². The van der Waals surface area contributed by atoms with Crippen molar-refractivity contribution in [1.29, 1.82) is 0 Å². The van der Waals surface area contributed by atoms with E-state index in [4.69, 9.17) is 14.6 Å². The lowest BCUT2D eigenvalue weighted by Crippen LogP contribution is -2.19. The van der Waals surface area contributed by atoms with E-state index in [1.165, 1.54) is 18.2 Å². The summed E-state index contributed by atoms with van der Waals surface area (Å²) in [7, 11) is 0. The Balaban J connectivity index is 2.66. The Morgan fingerprint density at radius 1 is 1.09 bits per heavy atom. The zero-order chi connectivity index (χ0) is 24.5. The summed E-state index contributed by atoms with van der Waals surface area (Å²) in [6.07, 6.45) is 0.492. The van der Waals surface area contributed by atoms with E-state index in [-0.39, 0.29) is 18.2 Å². The predicted molar refractivity (Wildman–Crippen MR) is 126 cm³/mol. The Labute approximate surface area is 194 Å². The van der Waals surface area contributed by atoms with Crippen molar-refractivity contribution in [2.24, 2.45) is 0 Å². The van der Waals surface area contributed by atoms with E-state index in [9.17, 15) is 19.4 Å². The molecule has 0 aliphatic heterocycles. The SMILES string of the molecule is CCOc1cc(C(C)C)c(C=CC(O)CC(O)CC(=O)O)c(-c2ccc(F)cc2)c1OCC. The molecule has 0 saturated carbocycles. The summed E-state index contributed by atoms with van der Waals surface area (Å²) in [5, 5.41) is 29.1. The van der Waals surface area contributed by atoms with Gasteiger partial charge in [-0.1, -0.05) is 38.1 Å². The summed E-state index contributed by atoms with van der Waals surface area (Å²) in [5.74, 6) is -0.297. The molecule has 0 radical (unpaired) electrons. The Morgan fingerprint density at radius 3 is 2.27 bits per heavy atom. The number of carboxylic acid groups (broad SMARTS) is 1. The van der Waals surface area contributed by atoms with Crippen LogP contribution in [0, 0.1) is 5.82 Å². The fourth-order valence-electron chi connectivity index (χ4n) is 3.63. The predicted octanol–water partition coefficient (Wildman–Crippen LogP) is 5.01. The van der Waals surface area contributed by atoms with Crippen LogP contribution in [0.2, 0.25) is 0 Å². The number of aliphatic carboxylic acids is 1. The van der Waals surface area contributed by atoms with Crippen LogP contribution >= 0.6 is 0 Å². The summed E-state index contributed by atoms with van der Waals surface area (Å²) in [4.78, 5) is 10.8. The van der Waals surface area contributed by atoms with Crippen molar-refractivity contribution in [3.05, 3.63) is 53.4 Å². The molecule has 2 atom stereocenters. The van der Waals surface area contributed by atoms with E-state index in [0.29, 0.717) is 30.3 Å². The molecule has 180 valence electrons. The maximum absolute atomic E-state index is 13.7. The molecule has 0 fully saturated rings. The van der Waals surface area contributed by atoms with Gasteiger partial charge in [-0.15, -0.1) is 0 Å². The average molecular weight is 461 g/mol. The van der Waals surface area contributed by atoms with Gasteiger partial charge in [0.25, 0.3) is 0 Å². The third-order valence-electron chi connectivity index (χ3n) is 5.07. The molecule has 2 aromatic rings. The fourth-order valence-corrected chi connectivity index (χ4v) is 3.63. The molecule has 0 heterocycles. The Morgan fingerprint density at radius 2 is 1.73 bits per heavy atom. The number of ether oxygens (including phenoxy) is 2. The topological polar surface area (TPSA) is 96.2 Å². The van der Waals surface area contributed by atoms with Crippen LogP contribution in [0.25, 0.3) is 17.2 Å². The van der Waals surface area contributed by atoms with Gasteiger partial charge in [0.2, 0.25) is 0 Å². The maximum Gasteiger partial charge on any atom is 0.305 e. The van der Waals surface area contributed by atoms with Crippen LogP contribution in [-0.2, 0) is 4.79 Å². The number of benzene rings is 2. The first-order valence-corrected chi connectivity index (χ1v) is 11.2. The summed E-state index contributed by atoms with van der Waals surface area (Å²) in [5.41, 5.74) is 3.15. The first-order valence-electron chi connectivity index (χ1n) is 11.2. The normalized spacial score (nSPS) is 13.3. The van der Waals surface area contributed by atoms with Gasteiger partial charge in [-0.3, -0.25) is 4.79 Å². The number of carbonyl (C=O) groups is 1. The van der Waals surface area contributed by atoms with E-state index >= 15 is 0 Å². The van der Waals surface area contributed by atoms with E-state index in [2.05, 4.69) is 0 Å². The molecule has 0 spiro atoms. The van der Waals surface area contributed by atoms with Crippen LogP contribution < -0.4 is 9.47 Å². The van der Waals surface area contributed by atoms with Gasteiger partial charge in [0.1, 0.15) is 5.82 Å². The van der Waals surface area contributed by atoms with Crippen molar-refractivity contribution in [2.75, 3.05) is 13.2 Å². The van der Waals surface area contributed by atoms with Gasteiger partial charge in [-0.05, 0) is 54.7 Å². The quantitative estimate of drug-likeness (QED) is 0.412. The number of carboxylic acids is 1. The van der Waals surface area contributed by atoms with Crippen molar-refractivity contribution in [3.8, 4) is 22.6 Å². The molecule has 0 saturated heterocycles. The highest BCUT2D eigenvalue weighted by Gasteiger charge is 2.22. The third-order valence-corrected chi connectivity index (χ3v) is 5.07. The van der Waals surface area contributed by atoms with Crippen LogP contribution in [0.1, 0.15) is 57.6 Å². The zero-order valence-corrected chi connectivity index (χ0v) is 19.5. The van der Waals surface area contributed by atoms with Crippen molar-refractivity contribution >= 4 is 12.0 Å².